The van der Waals surface area contributed by atoms with Gasteiger partial charge in [-0.05, 0) is 64.6 Å². The summed E-state index contributed by atoms with van der Waals surface area (Å²) in [6.07, 6.45) is 3.73. The van der Waals surface area contributed by atoms with Crippen molar-refractivity contribution in [2.45, 2.75) is 6.92 Å². The summed E-state index contributed by atoms with van der Waals surface area (Å²) in [6, 6.07) is 47.9. The molecule has 4 heteroatoms. The molecule has 0 saturated carbocycles. The first-order chi connectivity index (χ1) is 21.2. The number of rotatable bonds is 6. The molecule has 0 unspecified atom stereocenters. The van der Waals surface area contributed by atoms with Crippen molar-refractivity contribution in [3.05, 3.63) is 157 Å². The standard InChI is InChI=1S/C39H28N4/c1-27-21-22-40-26-36(27)32-17-10-20-35(25-32)39-42-37(33-18-8-15-30(23-33)28-11-4-2-5-12-28)41-38(43-39)34-19-9-16-31(24-34)29-13-6-3-7-14-29/h2-26H,1H3. The van der Waals surface area contributed by atoms with Crippen LogP contribution in [0.5, 0.6) is 0 Å². The van der Waals surface area contributed by atoms with Crippen molar-refractivity contribution >= 4 is 0 Å². The lowest BCUT2D eigenvalue weighted by Gasteiger charge is -2.12. The fourth-order valence-electron chi connectivity index (χ4n) is 5.29. The zero-order valence-corrected chi connectivity index (χ0v) is 23.7. The molecular weight excluding hydrogens is 524 g/mol. The fourth-order valence-corrected chi connectivity index (χ4v) is 5.29. The van der Waals surface area contributed by atoms with E-state index < -0.39 is 0 Å². The van der Waals surface area contributed by atoms with Crippen LogP contribution >= 0.6 is 0 Å². The van der Waals surface area contributed by atoms with Gasteiger partial charge in [0.15, 0.2) is 17.5 Å². The minimum atomic E-state index is 0.624. The van der Waals surface area contributed by atoms with Crippen molar-refractivity contribution in [3.8, 4) is 67.5 Å². The van der Waals surface area contributed by atoms with Crippen LogP contribution in [0, 0.1) is 6.92 Å². The lowest BCUT2D eigenvalue weighted by molar-refractivity contribution is 1.07. The van der Waals surface area contributed by atoms with Gasteiger partial charge < -0.3 is 0 Å². The topological polar surface area (TPSA) is 51.6 Å². The Kier molecular flexibility index (Phi) is 7.08. The molecule has 0 aliphatic rings. The van der Waals surface area contributed by atoms with Gasteiger partial charge in [0.1, 0.15) is 0 Å². The Morgan fingerprint density at radius 1 is 0.372 bits per heavy atom. The summed E-state index contributed by atoms with van der Waals surface area (Å²) in [7, 11) is 0. The maximum atomic E-state index is 5.03. The summed E-state index contributed by atoms with van der Waals surface area (Å²) in [5.41, 5.74) is 10.6. The van der Waals surface area contributed by atoms with E-state index in [0.717, 1.165) is 50.1 Å². The number of aromatic nitrogens is 4. The molecule has 0 aliphatic heterocycles. The molecule has 0 saturated heterocycles. The van der Waals surface area contributed by atoms with Gasteiger partial charge in [0.05, 0.1) is 0 Å². The van der Waals surface area contributed by atoms with Gasteiger partial charge in [-0.2, -0.15) is 0 Å². The summed E-state index contributed by atoms with van der Waals surface area (Å²) in [4.78, 5) is 19.5. The molecule has 0 amide bonds. The third-order valence-electron chi connectivity index (χ3n) is 7.56. The number of aryl methyl sites for hydroxylation is 1. The minimum absolute atomic E-state index is 0.624. The molecule has 0 spiro atoms. The van der Waals surface area contributed by atoms with Gasteiger partial charge in [-0.25, -0.2) is 15.0 Å². The van der Waals surface area contributed by atoms with Gasteiger partial charge in [0, 0.05) is 34.6 Å². The van der Waals surface area contributed by atoms with Crippen molar-refractivity contribution in [2.75, 3.05) is 0 Å². The number of hydrogen-bond donors (Lipinski definition) is 0. The highest BCUT2D eigenvalue weighted by Crippen LogP contribution is 2.31. The Morgan fingerprint density at radius 3 is 1.23 bits per heavy atom. The number of pyridine rings is 1. The van der Waals surface area contributed by atoms with Crippen molar-refractivity contribution in [2.24, 2.45) is 0 Å². The Labute approximate surface area is 251 Å². The van der Waals surface area contributed by atoms with E-state index in [9.17, 15) is 0 Å². The molecule has 204 valence electrons. The highest BCUT2D eigenvalue weighted by Gasteiger charge is 2.15. The lowest BCUT2D eigenvalue weighted by atomic mass is 10.0. The van der Waals surface area contributed by atoms with Crippen LogP contribution in [0.15, 0.2) is 152 Å². The summed E-state index contributed by atoms with van der Waals surface area (Å²) in [5.74, 6) is 1.88. The van der Waals surface area contributed by atoms with E-state index in [1.54, 1.807) is 0 Å². The zero-order chi connectivity index (χ0) is 29.0. The number of benzene rings is 5. The molecule has 2 aromatic heterocycles. The molecule has 2 heterocycles. The Bertz CT molecular complexity index is 1930. The molecule has 0 N–H and O–H groups in total. The summed E-state index contributed by atoms with van der Waals surface area (Å²) >= 11 is 0. The summed E-state index contributed by atoms with van der Waals surface area (Å²) in [5, 5.41) is 0. The second-order valence-electron chi connectivity index (χ2n) is 10.5. The minimum Gasteiger partial charge on any atom is -0.264 e. The largest absolute Gasteiger partial charge is 0.264 e. The van der Waals surface area contributed by atoms with E-state index in [1.165, 1.54) is 5.56 Å². The molecule has 0 bridgehead atoms. The maximum absolute atomic E-state index is 5.03. The quantitative estimate of drug-likeness (QED) is 0.206. The number of hydrogen-bond acceptors (Lipinski definition) is 4. The van der Waals surface area contributed by atoms with Crippen LogP contribution in [0.4, 0.5) is 0 Å². The van der Waals surface area contributed by atoms with Crippen molar-refractivity contribution in [3.63, 3.8) is 0 Å². The number of nitrogens with zero attached hydrogens (tertiary/aromatic N) is 4. The molecule has 7 aromatic rings. The maximum Gasteiger partial charge on any atom is 0.164 e. The molecule has 7 rings (SSSR count). The first-order valence-corrected chi connectivity index (χ1v) is 14.3. The summed E-state index contributed by atoms with van der Waals surface area (Å²) < 4.78 is 0. The molecule has 0 aliphatic carbocycles. The van der Waals surface area contributed by atoms with Crippen molar-refractivity contribution in [1.29, 1.82) is 0 Å². The van der Waals surface area contributed by atoms with Gasteiger partial charge >= 0.3 is 0 Å². The van der Waals surface area contributed by atoms with Crippen LogP contribution in [0.1, 0.15) is 5.56 Å². The summed E-state index contributed by atoms with van der Waals surface area (Å²) in [6.45, 7) is 2.10. The van der Waals surface area contributed by atoms with E-state index in [2.05, 4.69) is 127 Å². The van der Waals surface area contributed by atoms with Gasteiger partial charge in [0.2, 0.25) is 0 Å². The van der Waals surface area contributed by atoms with Crippen LogP contribution in [0.3, 0.4) is 0 Å². The van der Waals surface area contributed by atoms with Gasteiger partial charge in [0.25, 0.3) is 0 Å². The molecule has 0 atom stereocenters. The zero-order valence-electron chi connectivity index (χ0n) is 23.7. The fraction of sp³-hybridized carbons (Fsp3) is 0.0256. The third kappa shape index (κ3) is 5.59. The second-order valence-corrected chi connectivity index (χ2v) is 10.5. The molecule has 5 aromatic carbocycles. The van der Waals surface area contributed by atoms with Crippen LogP contribution < -0.4 is 0 Å². The predicted octanol–water partition coefficient (Wildman–Crippen LogP) is 9.58. The van der Waals surface area contributed by atoms with E-state index >= 15 is 0 Å². The third-order valence-corrected chi connectivity index (χ3v) is 7.56. The highest BCUT2D eigenvalue weighted by atomic mass is 15.0. The average Bonchev–Trinajstić information content (AvgIpc) is 3.09. The Balaban J connectivity index is 1.39. The van der Waals surface area contributed by atoms with Crippen LogP contribution in [-0.2, 0) is 0 Å². The normalized spacial score (nSPS) is 10.9. The lowest BCUT2D eigenvalue weighted by Crippen LogP contribution is -2.00. The van der Waals surface area contributed by atoms with Gasteiger partial charge in [-0.1, -0.05) is 115 Å². The van der Waals surface area contributed by atoms with Crippen LogP contribution in [0.2, 0.25) is 0 Å². The molecular formula is C39H28N4. The van der Waals surface area contributed by atoms with E-state index in [4.69, 9.17) is 15.0 Å². The predicted molar refractivity (Wildman–Crippen MR) is 175 cm³/mol. The SMILES string of the molecule is Cc1ccncc1-c1cccc(-c2nc(-c3cccc(-c4ccccc4)c3)nc(-c3cccc(-c4ccccc4)c3)n2)c1. The van der Waals surface area contributed by atoms with E-state index in [1.807, 2.05) is 36.7 Å². The monoisotopic (exact) mass is 552 g/mol. The first kappa shape index (κ1) is 26.2. The smallest absolute Gasteiger partial charge is 0.164 e. The van der Waals surface area contributed by atoms with Crippen LogP contribution in [0.25, 0.3) is 67.5 Å². The van der Waals surface area contributed by atoms with Crippen molar-refractivity contribution in [1.82, 2.24) is 19.9 Å². The molecule has 0 radical (unpaired) electrons. The van der Waals surface area contributed by atoms with E-state index in [0.29, 0.717) is 17.5 Å². The average molecular weight is 553 g/mol. The van der Waals surface area contributed by atoms with E-state index in [-0.39, 0.29) is 0 Å². The molecule has 43 heavy (non-hydrogen) atoms. The Hall–Kier alpha value is -5.74. The molecule has 0 fully saturated rings. The van der Waals surface area contributed by atoms with Gasteiger partial charge in [-0.15, -0.1) is 0 Å². The Morgan fingerprint density at radius 2 is 0.767 bits per heavy atom. The van der Waals surface area contributed by atoms with Crippen LogP contribution in [-0.4, -0.2) is 19.9 Å². The highest BCUT2D eigenvalue weighted by molar-refractivity contribution is 5.76. The van der Waals surface area contributed by atoms with Crippen molar-refractivity contribution < 1.29 is 0 Å². The second kappa shape index (κ2) is 11.6. The first-order valence-electron chi connectivity index (χ1n) is 14.3. The van der Waals surface area contributed by atoms with Gasteiger partial charge in [-0.3, -0.25) is 4.98 Å². The molecule has 4 nitrogen and oxygen atoms in total.